The van der Waals surface area contributed by atoms with Gasteiger partial charge in [0.05, 0.1) is 12.0 Å². The molecule has 1 fully saturated rings. The highest BCUT2D eigenvalue weighted by molar-refractivity contribution is 8.01. The van der Waals surface area contributed by atoms with Crippen LogP contribution in [0.15, 0.2) is 56.0 Å². The number of thiazole rings is 1. The molecule has 2 atom stereocenters. The summed E-state index contributed by atoms with van der Waals surface area (Å²) in [6, 6.07) is 3.30. The number of aromatic hydroxyl groups is 2. The monoisotopic (exact) mass is 791 g/mol. The van der Waals surface area contributed by atoms with Crippen LogP contribution in [-0.4, -0.2) is 119 Å². The summed E-state index contributed by atoms with van der Waals surface area (Å²) in [5.74, 6) is -5.91. The SMILES string of the molecule is COC(=O)c1nc2nc(C)cc(SCC3=C(C(=O)O)N4C(=O)[C@@H](NC(=O)/C(=N/OCS(=O)(=O)c5ccc(O)c(O)c5)c5csc(N)n5)[C@H]4SC3)n2n1. The third-order valence-corrected chi connectivity index (χ3v) is 11.8. The van der Waals surface area contributed by atoms with Gasteiger partial charge in [0.1, 0.15) is 27.8 Å². The van der Waals surface area contributed by atoms with Gasteiger partial charge in [0.2, 0.25) is 15.8 Å². The van der Waals surface area contributed by atoms with E-state index in [9.17, 15) is 42.9 Å². The molecule has 24 heteroatoms. The van der Waals surface area contributed by atoms with Crippen LogP contribution < -0.4 is 11.1 Å². The average molecular weight is 792 g/mol. The minimum Gasteiger partial charge on any atom is -0.504 e. The Hall–Kier alpha value is -5.46. The molecule has 0 unspecified atom stereocenters. The van der Waals surface area contributed by atoms with Crippen molar-refractivity contribution in [2.24, 2.45) is 5.16 Å². The summed E-state index contributed by atoms with van der Waals surface area (Å²) in [6.07, 6.45) is 0. The number of benzene rings is 1. The molecular formula is C28H25N9O11S4. The van der Waals surface area contributed by atoms with Crippen molar-refractivity contribution in [3.63, 3.8) is 0 Å². The van der Waals surface area contributed by atoms with Crippen molar-refractivity contribution in [3.8, 4) is 11.5 Å². The number of carboxylic acids is 1. The molecule has 2 amide bonds. The molecule has 0 bridgehead atoms. The minimum atomic E-state index is -4.23. The highest BCUT2D eigenvalue weighted by Crippen LogP contribution is 2.41. The first kappa shape index (κ1) is 36.3. The first-order chi connectivity index (χ1) is 24.7. The molecular weight excluding hydrogens is 767 g/mol. The molecule has 52 heavy (non-hydrogen) atoms. The van der Waals surface area contributed by atoms with Gasteiger partial charge in [-0.1, -0.05) is 5.16 Å². The number of amides is 2. The summed E-state index contributed by atoms with van der Waals surface area (Å²) in [6.45, 7) is 1.71. The number of β-lactam (4-membered cyclic amide) rings is 1. The zero-order valence-electron chi connectivity index (χ0n) is 26.6. The third kappa shape index (κ3) is 7.04. The summed E-state index contributed by atoms with van der Waals surface area (Å²) in [4.78, 5) is 69.3. The number of fused-ring (bicyclic) bond motifs is 2. The predicted octanol–water partition coefficient (Wildman–Crippen LogP) is 0.352. The lowest BCUT2D eigenvalue weighted by atomic mass is 10.0. The van der Waals surface area contributed by atoms with Gasteiger partial charge in [0.25, 0.3) is 23.4 Å². The smallest absolute Gasteiger partial charge is 0.378 e. The number of aryl methyl sites for hydroxylation is 1. The number of nitrogens with zero attached hydrogens (tertiary/aromatic N) is 7. The van der Waals surface area contributed by atoms with Gasteiger partial charge in [-0.05, 0) is 30.7 Å². The van der Waals surface area contributed by atoms with E-state index in [1.54, 1.807) is 13.0 Å². The molecule has 2 aliphatic rings. The van der Waals surface area contributed by atoms with E-state index in [-0.39, 0.29) is 39.6 Å². The lowest BCUT2D eigenvalue weighted by Crippen LogP contribution is -2.71. The molecule has 0 saturated carbocycles. The Balaban J connectivity index is 1.18. The van der Waals surface area contributed by atoms with E-state index in [1.165, 1.54) is 40.5 Å². The highest BCUT2D eigenvalue weighted by Gasteiger charge is 2.54. The summed E-state index contributed by atoms with van der Waals surface area (Å²) >= 11 is 3.35. The number of rotatable bonds is 12. The second-order valence-corrected chi connectivity index (χ2v) is 15.7. The highest BCUT2D eigenvalue weighted by atomic mass is 32.2. The second kappa shape index (κ2) is 14.3. The Labute approximate surface area is 304 Å². The van der Waals surface area contributed by atoms with E-state index in [0.29, 0.717) is 16.3 Å². The first-order valence-electron chi connectivity index (χ1n) is 14.5. The zero-order valence-corrected chi connectivity index (χ0v) is 29.9. The van der Waals surface area contributed by atoms with E-state index < -0.39 is 73.1 Å². The van der Waals surface area contributed by atoms with Crippen LogP contribution in [-0.2, 0) is 33.8 Å². The second-order valence-electron chi connectivity index (χ2n) is 10.8. The fourth-order valence-corrected chi connectivity index (χ4v) is 8.90. The lowest BCUT2D eigenvalue weighted by Gasteiger charge is -2.49. The average Bonchev–Trinajstić information content (AvgIpc) is 3.74. The number of carbonyl (C=O) groups is 4. The molecule has 5 heterocycles. The van der Waals surface area contributed by atoms with Crippen LogP contribution in [0.1, 0.15) is 22.0 Å². The number of carbonyl (C=O) groups excluding carboxylic acids is 3. The van der Waals surface area contributed by atoms with Crippen LogP contribution in [0.4, 0.5) is 5.13 Å². The van der Waals surface area contributed by atoms with Crippen LogP contribution in [0.2, 0.25) is 0 Å². The van der Waals surface area contributed by atoms with E-state index >= 15 is 0 Å². The van der Waals surface area contributed by atoms with Crippen LogP contribution in [0.5, 0.6) is 11.5 Å². The van der Waals surface area contributed by atoms with Crippen molar-refractivity contribution in [2.75, 3.05) is 30.3 Å². The van der Waals surface area contributed by atoms with Gasteiger partial charge in [0, 0.05) is 28.6 Å². The fourth-order valence-electron chi connectivity index (χ4n) is 4.93. The lowest BCUT2D eigenvalue weighted by molar-refractivity contribution is -0.150. The number of aromatic nitrogens is 5. The third-order valence-electron chi connectivity index (χ3n) is 7.36. The van der Waals surface area contributed by atoms with E-state index in [4.69, 9.17) is 10.6 Å². The Morgan fingerprint density at radius 1 is 1.17 bits per heavy atom. The maximum absolute atomic E-state index is 13.5. The summed E-state index contributed by atoms with van der Waals surface area (Å²) < 4.78 is 31.4. The number of thioether (sulfide) groups is 2. The number of hydrogen-bond acceptors (Lipinski definition) is 19. The van der Waals surface area contributed by atoms with Crippen molar-refractivity contribution < 1.29 is 52.5 Å². The number of sulfone groups is 1. The predicted molar refractivity (Wildman–Crippen MR) is 183 cm³/mol. The first-order valence-corrected chi connectivity index (χ1v) is 19.1. The molecule has 6 N–H and O–H groups in total. The van der Waals surface area contributed by atoms with Crippen molar-refractivity contribution in [2.45, 2.75) is 28.3 Å². The number of anilines is 1. The maximum atomic E-state index is 13.5. The quantitative estimate of drug-likeness (QED) is 0.0246. The number of nitrogens with two attached hydrogens (primary N) is 1. The molecule has 1 saturated heterocycles. The number of oxime groups is 1. The number of methoxy groups -OCH3 is 1. The normalized spacial score (nSPS) is 17.5. The van der Waals surface area contributed by atoms with E-state index in [2.05, 4.69) is 35.3 Å². The Kier molecular flexibility index (Phi) is 9.98. The molecule has 1 aromatic carbocycles. The minimum absolute atomic E-state index is 0.0495. The molecule has 272 valence electrons. The maximum Gasteiger partial charge on any atom is 0.378 e. The van der Waals surface area contributed by atoms with Gasteiger partial charge in [-0.25, -0.2) is 28.0 Å². The van der Waals surface area contributed by atoms with Gasteiger partial charge >= 0.3 is 11.9 Å². The largest absolute Gasteiger partial charge is 0.504 e. The molecule has 6 rings (SSSR count). The van der Waals surface area contributed by atoms with Crippen molar-refractivity contribution in [3.05, 3.63) is 58.1 Å². The van der Waals surface area contributed by atoms with Gasteiger partial charge in [-0.15, -0.1) is 40.0 Å². The number of carboxylic acid groups (broad SMARTS) is 1. The number of esters is 1. The van der Waals surface area contributed by atoms with Crippen LogP contribution in [0.25, 0.3) is 5.78 Å². The molecule has 20 nitrogen and oxygen atoms in total. The zero-order chi connectivity index (χ0) is 37.5. The van der Waals surface area contributed by atoms with E-state index in [1.807, 2.05) is 0 Å². The van der Waals surface area contributed by atoms with Gasteiger partial charge in [-0.2, -0.15) is 9.50 Å². The van der Waals surface area contributed by atoms with Crippen LogP contribution in [0, 0.1) is 6.92 Å². The van der Waals surface area contributed by atoms with Gasteiger partial charge < -0.3 is 35.9 Å². The molecule has 0 aliphatic carbocycles. The van der Waals surface area contributed by atoms with Gasteiger partial charge in [0.15, 0.2) is 22.3 Å². The van der Waals surface area contributed by atoms with Crippen molar-refractivity contribution in [1.29, 1.82) is 0 Å². The Morgan fingerprint density at radius 3 is 2.62 bits per heavy atom. The van der Waals surface area contributed by atoms with E-state index in [0.717, 1.165) is 34.4 Å². The summed E-state index contributed by atoms with van der Waals surface area (Å²) in [5, 5.41) is 40.7. The van der Waals surface area contributed by atoms with Crippen LogP contribution >= 0.6 is 34.9 Å². The summed E-state index contributed by atoms with van der Waals surface area (Å²) in [7, 11) is -3.04. The van der Waals surface area contributed by atoms with Crippen LogP contribution in [0.3, 0.4) is 0 Å². The molecule has 2 aliphatic heterocycles. The molecule has 4 aromatic rings. The van der Waals surface area contributed by atoms with Crippen molar-refractivity contribution in [1.82, 2.24) is 34.8 Å². The van der Waals surface area contributed by atoms with Crippen molar-refractivity contribution >= 4 is 85.1 Å². The standard InChI is InChI=1S/C28H25N9O11S4/c1-11-5-17(37-28(30-11)33-21(34-37)26(44)47-2)49-7-12-8-50-24-19(23(41)36(24)20(12)25(42)43)32-22(40)18(14-9-51-27(29)31-14)35-48-10-52(45,46)13-3-4-15(38)16(39)6-13/h3-6,9,19,24,38-39H,7-8,10H2,1-2H3,(H2,29,31)(H,32,40)(H,42,43)/b35-18+/t19-,24-/m1/s1. The molecule has 3 aromatic heterocycles. The molecule has 0 radical (unpaired) electrons. The number of nitrogens with one attached hydrogen (secondary N) is 1. The topological polar surface area (TPSA) is 291 Å². The summed E-state index contributed by atoms with van der Waals surface area (Å²) in [5.41, 5.74) is 5.84. The number of aliphatic carboxylic acids is 1. The Bertz CT molecular complexity index is 2320. The molecule has 0 spiro atoms. The number of phenols is 2. The number of phenolic OH excluding ortho intramolecular Hbond substituents is 2. The van der Waals surface area contributed by atoms with Gasteiger partial charge in [-0.3, -0.25) is 14.5 Å². The fraction of sp³-hybridized carbons (Fsp3) is 0.250. The number of hydrogen-bond donors (Lipinski definition) is 5. The number of ether oxygens (including phenoxy) is 1. The number of nitrogen functional groups attached to an aromatic ring is 1. The Morgan fingerprint density at radius 2 is 1.94 bits per heavy atom.